The van der Waals surface area contributed by atoms with Crippen molar-refractivity contribution < 1.29 is 42.7 Å². The van der Waals surface area contributed by atoms with Gasteiger partial charge < -0.3 is 25.2 Å². The van der Waals surface area contributed by atoms with Crippen molar-refractivity contribution in [2.45, 2.75) is 225 Å². The fourth-order valence-corrected chi connectivity index (χ4v) is 7.31. The van der Waals surface area contributed by atoms with E-state index in [9.17, 15) is 19.0 Å². The van der Waals surface area contributed by atoms with Gasteiger partial charge in [0.2, 0.25) is 0 Å². The zero-order valence-corrected chi connectivity index (χ0v) is 39.2. The highest BCUT2D eigenvalue weighted by atomic mass is 31.2. The van der Waals surface area contributed by atoms with Gasteiger partial charge in [0.15, 0.2) is 0 Å². The third-order valence-corrected chi connectivity index (χ3v) is 11.3. The summed E-state index contributed by atoms with van der Waals surface area (Å²) >= 11 is 0. The van der Waals surface area contributed by atoms with Crippen molar-refractivity contribution in [1.29, 1.82) is 0 Å². The predicted molar refractivity (Wildman–Crippen MR) is 249 cm³/mol. The molecule has 60 heavy (non-hydrogen) atoms. The lowest BCUT2D eigenvalue weighted by molar-refractivity contribution is -0.154. The smallest absolute Gasteiger partial charge is 0.472 e. The monoisotopic (exact) mass is 868 g/mol. The number of aliphatic carboxylic acids is 1. The Morgan fingerprint density at radius 2 is 0.933 bits per heavy atom. The molecule has 0 aromatic rings. The first-order valence-electron chi connectivity index (χ1n) is 24.2. The van der Waals surface area contributed by atoms with E-state index in [1.165, 1.54) is 128 Å². The maximum Gasteiger partial charge on any atom is 0.472 e. The number of nitrogens with two attached hydrogens (primary N) is 1. The Labute approximate surface area is 367 Å². The Bertz CT molecular complexity index is 1140. The highest BCUT2D eigenvalue weighted by molar-refractivity contribution is 7.47. The van der Waals surface area contributed by atoms with E-state index in [0.29, 0.717) is 13.0 Å². The van der Waals surface area contributed by atoms with Crippen LogP contribution in [0, 0.1) is 0 Å². The van der Waals surface area contributed by atoms with Crippen molar-refractivity contribution in [3.63, 3.8) is 0 Å². The van der Waals surface area contributed by atoms with Gasteiger partial charge in [-0.3, -0.25) is 18.6 Å². The van der Waals surface area contributed by atoms with Gasteiger partial charge in [-0.15, -0.1) is 0 Å². The fraction of sp³-hybridized carbons (Fsp3) is 0.796. The van der Waals surface area contributed by atoms with E-state index in [1.54, 1.807) is 0 Å². The summed E-state index contributed by atoms with van der Waals surface area (Å²) in [7, 11) is -4.62. The van der Waals surface area contributed by atoms with Crippen LogP contribution in [-0.4, -0.2) is 60.5 Å². The molecule has 11 heteroatoms. The normalized spacial score (nSPS) is 14.2. The third-order valence-electron chi connectivity index (χ3n) is 10.3. The molecule has 0 rings (SSSR count). The minimum atomic E-state index is -4.62. The van der Waals surface area contributed by atoms with Crippen molar-refractivity contribution in [3.8, 4) is 0 Å². The van der Waals surface area contributed by atoms with E-state index >= 15 is 0 Å². The minimum absolute atomic E-state index is 0.00870. The second-order valence-corrected chi connectivity index (χ2v) is 17.7. The first kappa shape index (κ1) is 57.9. The van der Waals surface area contributed by atoms with Crippen molar-refractivity contribution in [1.82, 2.24) is 0 Å². The molecule has 350 valence electrons. The summed E-state index contributed by atoms with van der Waals surface area (Å²) < 4.78 is 33.4. The number of phosphoric ester groups is 1. The quantitative estimate of drug-likeness (QED) is 0.0233. The lowest BCUT2D eigenvalue weighted by Gasteiger charge is -2.20. The van der Waals surface area contributed by atoms with Gasteiger partial charge in [0, 0.05) is 13.0 Å². The molecule has 3 unspecified atom stereocenters. The summed E-state index contributed by atoms with van der Waals surface area (Å²) in [5.74, 6) is -1.78. The molecule has 0 radical (unpaired) electrons. The second kappa shape index (κ2) is 45.0. The zero-order valence-electron chi connectivity index (χ0n) is 38.3. The molecule has 3 atom stereocenters. The van der Waals surface area contributed by atoms with E-state index in [-0.39, 0.29) is 13.0 Å². The molecular weight excluding hydrogens is 778 g/mol. The van der Waals surface area contributed by atoms with E-state index < -0.39 is 45.1 Å². The molecule has 0 aromatic heterocycles. The van der Waals surface area contributed by atoms with Gasteiger partial charge in [0.05, 0.1) is 19.8 Å². The number of carboxylic acid groups (broad SMARTS) is 1. The Balaban J connectivity index is 4.16. The van der Waals surface area contributed by atoms with Crippen LogP contribution in [0.3, 0.4) is 0 Å². The number of hydrogen-bond donors (Lipinski definition) is 3. The highest BCUT2D eigenvalue weighted by Gasteiger charge is 2.27. The molecule has 0 aliphatic heterocycles. The molecule has 0 saturated carbocycles. The molecule has 0 fully saturated rings. The van der Waals surface area contributed by atoms with Gasteiger partial charge in [-0.25, -0.2) is 4.57 Å². The number of unbranched alkanes of at least 4 members (excludes halogenated alkanes) is 24. The number of carbonyl (C=O) groups excluding carboxylic acids is 1. The number of allylic oxidation sites excluding steroid dienone is 8. The van der Waals surface area contributed by atoms with Crippen LogP contribution < -0.4 is 5.73 Å². The molecule has 0 saturated heterocycles. The molecule has 0 spiro atoms. The SMILES string of the molecule is CCCC/C=C\C/C=C\CCCCCCCCOCC(COP(=O)(O)OCC(N)C(=O)O)OC(=O)CCCCCCCCCCCCC/C=C\C/C=C\CCCCCCC. The summed E-state index contributed by atoms with van der Waals surface area (Å²) in [5.41, 5.74) is 5.36. The molecule has 0 aliphatic carbocycles. The minimum Gasteiger partial charge on any atom is -0.480 e. The average molecular weight is 868 g/mol. The highest BCUT2D eigenvalue weighted by Crippen LogP contribution is 2.43. The van der Waals surface area contributed by atoms with E-state index in [0.717, 1.165) is 57.8 Å². The Morgan fingerprint density at radius 3 is 1.40 bits per heavy atom. The number of rotatable bonds is 46. The topological polar surface area (TPSA) is 155 Å². The molecular formula is C49H90NO9P. The second-order valence-electron chi connectivity index (χ2n) is 16.2. The maximum absolute atomic E-state index is 12.7. The molecule has 4 N–H and O–H groups in total. The molecule has 0 heterocycles. The lowest BCUT2D eigenvalue weighted by atomic mass is 10.0. The van der Waals surface area contributed by atoms with Crippen LogP contribution in [0.15, 0.2) is 48.6 Å². The first-order chi connectivity index (χ1) is 29.2. The van der Waals surface area contributed by atoms with Gasteiger partial charge in [0.1, 0.15) is 12.1 Å². The van der Waals surface area contributed by atoms with Crippen LogP contribution in [0.5, 0.6) is 0 Å². The molecule has 0 aromatic carbocycles. The Morgan fingerprint density at radius 1 is 0.533 bits per heavy atom. The number of carbonyl (C=O) groups is 2. The van der Waals surface area contributed by atoms with Crippen molar-refractivity contribution in [2.24, 2.45) is 5.73 Å². The zero-order chi connectivity index (χ0) is 44.0. The summed E-state index contributed by atoms with van der Waals surface area (Å²) in [6, 6.07) is -1.48. The number of esters is 1. The van der Waals surface area contributed by atoms with E-state index in [2.05, 4.69) is 62.5 Å². The number of carboxylic acids is 1. The third kappa shape index (κ3) is 44.0. The van der Waals surface area contributed by atoms with Gasteiger partial charge in [0.25, 0.3) is 0 Å². The predicted octanol–water partition coefficient (Wildman–Crippen LogP) is 13.8. The van der Waals surface area contributed by atoms with Crippen molar-refractivity contribution in [2.75, 3.05) is 26.4 Å². The van der Waals surface area contributed by atoms with Crippen LogP contribution >= 0.6 is 7.82 Å². The fourth-order valence-electron chi connectivity index (χ4n) is 6.53. The molecule has 0 bridgehead atoms. The maximum atomic E-state index is 12.7. The Hall–Kier alpha value is -2.07. The summed E-state index contributed by atoms with van der Waals surface area (Å²) in [6.07, 6.45) is 53.0. The summed E-state index contributed by atoms with van der Waals surface area (Å²) in [6.45, 7) is 3.82. The number of phosphoric acid groups is 1. The standard InChI is InChI=1S/C49H90NO9P/c1-3-5-7-9-11-13-15-17-19-20-21-22-23-24-25-26-27-29-31-33-35-37-39-41-48(51)59-46(44-57-60(54,55)58-45-47(50)49(52)53)43-56-42-40-38-36-34-32-30-28-18-16-14-12-10-8-6-4-2/h10,12,15-18,20-21,46-47H,3-9,11,13-14,19,22-45,50H2,1-2H3,(H,52,53)(H,54,55)/b12-10-,17-15-,18-16-,21-20-. The Kier molecular flexibility index (Phi) is 43.4. The molecule has 0 aliphatic rings. The van der Waals surface area contributed by atoms with Gasteiger partial charge >= 0.3 is 19.8 Å². The van der Waals surface area contributed by atoms with Gasteiger partial charge in [-0.2, -0.15) is 0 Å². The number of hydrogen-bond acceptors (Lipinski definition) is 8. The largest absolute Gasteiger partial charge is 0.480 e. The van der Waals surface area contributed by atoms with Crippen LogP contribution in [0.4, 0.5) is 0 Å². The van der Waals surface area contributed by atoms with Crippen LogP contribution in [0.2, 0.25) is 0 Å². The van der Waals surface area contributed by atoms with Crippen molar-refractivity contribution >= 4 is 19.8 Å². The first-order valence-corrected chi connectivity index (χ1v) is 25.7. The number of ether oxygens (including phenoxy) is 2. The average Bonchev–Trinajstić information content (AvgIpc) is 3.23. The van der Waals surface area contributed by atoms with Gasteiger partial charge in [-0.05, 0) is 70.6 Å². The molecule has 0 amide bonds. The van der Waals surface area contributed by atoms with Crippen LogP contribution in [0.25, 0.3) is 0 Å². The van der Waals surface area contributed by atoms with Crippen molar-refractivity contribution in [3.05, 3.63) is 48.6 Å². The van der Waals surface area contributed by atoms with E-state index in [4.69, 9.17) is 29.4 Å². The summed E-state index contributed by atoms with van der Waals surface area (Å²) in [4.78, 5) is 33.6. The molecule has 10 nitrogen and oxygen atoms in total. The van der Waals surface area contributed by atoms with Crippen LogP contribution in [0.1, 0.15) is 213 Å². The van der Waals surface area contributed by atoms with E-state index in [1.807, 2.05) is 0 Å². The summed E-state index contributed by atoms with van der Waals surface area (Å²) in [5, 5.41) is 8.91. The lowest BCUT2D eigenvalue weighted by Crippen LogP contribution is -2.34. The van der Waals surface area contributed by atoms with Crippen LogP contribution in [-0.2, 0) is 32.7 Å². The van der Waals surface area contributed by atoms with Gasteiger partial charge in [-0.1, -0.05) is 184 Å².